The summed E-state index contributed by atoms with van der Waals surface area (Å²) in [4.78, 5) is 17.9. The summed E-state index contributed by atoms with van der Waals surface area (Å²) in [5.74, 6) is 0.289. The van der Waals surface area contributed by atoms with Crippen molar-refractivity contribution in [3.63, 3.8) is 0 Å². The fraction of sp³-hybridized carbons (Fsp3) is 0.353. The Hall–Kier alpha value is -2.62. The molecule has 0 bridgehead atoms. The molecular formula is C34H39BrN2O3SSi. The summed E-state index contributed by atoms with van der Waals surface area (Å²) >= 11 is 4.87. The van der Waals surface area contributed by atoms with Crippen LogP contribution in [0.3, 0.4) is 0 Å². The first-order valence-corrected chi connectivity index (χ1v) is 18.0. The van der Waals surface area contributed by atoms with Gasteiger partial charge in [0.25, 0.3) is 8.32 Å². The number of carbonyl (C=O) groups excluding carboxylic acids is 1. The van der Waals surface area contributed by atoms with E-state index in [1.807, 2.05) is 36.6 Å². The maximum absolute atomic E-state index is 13.1. The zero-order valence-corrected chi connectivity index (χ0v) is 28.0. The van der Waals surface area contributed by atoms with Gasteiger partial charge in [-0.05, 0) is 58.8 Å². The minimum absolute atomic E-state index is 0.00643. The van der Waals surface area contributed by atoms with Crippen LogP contribution in [0.2, 0.25) is 5.04 Å². The number of halogens is 1. The topological polar surface area (TPSA) is 71.5 Å². The number of aromatic nitrogens is 1. The third-order valence-electron chi connectivity index (χ3n) is 8.66. The van der Waals surface area contributed by atoms with E-state index in [1.54, 1.807) is 0 Å². The summed E-state index contributed by atoms with van der Waals surface area (Å²) in [5, 5.41) is 18.3. The lowest BCUT2D eigenvalue weighted by atomic mass is 9.75. The van der Waals surface area contributed by atoms with E-state index in [-0.39, 0.29) is 23.5 Å². The molecule has 1 atom stereocenters. The number of rotatable bonds is 10. The molecule has 1 fully saturated rings. The fourth-order valence-corrected chi connectivity index (χ4v) is 11.8. The van der Waals surface area contributed by atoms with Crippen LogP contribution in [-0.4, -0.2) is 37.5 Å². The minimum Gasteiger partial charge on any atom is -0.407 e. The average molecular weight is 664 g/mol. The second kappa shape index (κ2) is 12.5. The molecule has 3 aromatic carbocycles. The Morgan fingerprint density at radius 1 is 0.976 bits per heavy atom. The molecule has 0 spiro atoms. The van der Waals surface area contributed by atoms with Gasteiger partial charge in [-0.3, -0.25) is 4.79 Å². The number of amides is 1. The standard InChI is InChI=1S/C34H39BrN2O3SSi/c1-33(2,3)42(28-11-7-5-8-12-28,29-13-9-6-10-14-29)40-21-24-19-25(20-24)31(39)37-32-36-30(22-41-32)34(4,23-38)26-15-17-27(35)18-16-26/h5-18,22,24-25,38H,19-21,23H2,1-4H3,(H,36,37,39). The fourth-order valence-electron chi connectivity index (χ4n) is 6.02. The van der Waals surface area contributed by atoms with Gasteiger partial charge in [-0.15, -0.1) is 11.3 Å². The molecule has 8 heteroatoms. The molecule has 1 unspecified atom stereocenters. The summed E-state index contributed by atoms with van der Waals surface area (Å²) in [6.45, 7) is 9.40. The Bertz CT molecular complexity index is 1450. The number of hydrogen-bond donors (Lipinski definition) is 2. The molecule has 1 aromatic heterocycles. The van der Waals surface area contributed by atoms with Gasteiger partial charge in [0.2, 0.25) is 5.91 Å². The predicted octanol–water partition coefficient (Wildman–Crippen LogP) is 6.75. The van der Waals surface area contributed by atoms with Crippen molar-refractivity contribution in [2.45, 2.75) is 51.0 Å². The second-order valence-corrected chi connectivity index (χ2v) is 18.6. The molecule has 1 aliphatic rings. The molecule has 0 radical (unpaired) electrons. The SMILES string of the molecule is CC(CO)(c1ccc(Br)cc1)c1csc(NC(=O)C2CC(CO[Si](c3ccccc3)(c3ccccc3)C(C)(C)C)C2)n1. The van der Waals surface area contributed by atoms with Crippen molar-refractivity contribution in [2.24, 2.45) is 11.8 Å². The van der Waals surface area contributed by atoms with Crippen molar-refractivity contribution < 1.29 is 14.3 Å². The minimum atomic E-state index is -2.59. The van der Waals surface area contributed by atoms with Crippen LogP contribution in [0.5, 0.6) is 0 Å². The van der Waals surface area contributed by atoms with Crippen molar-refractivity contribution in [3.8, 4) is 0 Å². The quantitative estimate of drug-likeness (QED) is 0.184. The van der Waals surface area contributed by atoms with Crippen LogP contribution in [0, 0.1) is 11.8 Å². The first-order valence-electron chi connectivity index (χ1n) is 14.5. The zero-order valence-electron chi connectivity index (χ0n) is 24.6. The first kappa shape index (κ1) is 30.8. The summed E-state index contributed by atoms with van der Waals surface area (Å²) in [7, 11) is -2.59. The molecule has 0 saturated heterocycles. The van der Waals surface area contributed by atoms with Crippen molar-refractivity contribution >= 4 is 57.0 Å². The van der Waals surface area contributed by atoms with Crippen molar-refractivity contribution in [3.05, 3.63) is 106 Å². The van der Waals surface area contributed by atoms with Crippen LogP contribution < -0.4 is 15.7 Å². The normalized spacial score (nSPS) is 18.6. The van der Waals surface area contributed by atoms with Crippen LogP contribution in [0.25, 0.3) is 0 Å². The lowest BCUT2D eigenvalue weighted by Crippen LogP contribution is -2.67. The summed E-state index contributed by atoms with van der Waals surface area (Å²) in [6.07, 6.45) is 1.60. The van der Waals surface area contributed by atoms with Crippen molar-refractivity contribution in [1.82, 2.24) is 4.98 Å². The molecule has 5 rings (SSSR count). The summed E-state index contributed by atoms with van der Waals surface area (Å²) in [5.41, 5.74) is 1.07. The molecule has 42 heavy (non-hydrogen) atoms. The van der Waals surface area contributed by atoms with Gasteiger partial charge in [0.1, 0.15) is 0 Å². The number of thiazole rings is 1. The van der Waals surface area contributed by atoms with Crippen LogP contribution in [0.4, 0.5) is 5.13 Å². The number of anilines is 1. The molecule has 5 nitrogen and oxygen atoms in total. The van der Waals surface area contributed by atoms with Crippen LogP contribution in [0.15, 0.2) is 94.8 Å². The van der Waals surface area contributed by atoms with E-state index in [0.29, 0.717) is 17.7 Å². The van der Waals surface area contributed by atoms with Gasteiger partial charge in [0, 0.05) is 22.4 Å². The monoisotopic (exact) mass is 662 g/mol. The van der Waals surface area contributed by atoms with E-state index in [0.717, 1.165) is 28.6 Å². The van der Waals surface area contributed by atoms with E-state index in [1.165, 1.54) is 21.7 Å². The number of aliphatic hydroxyl groups is 1. The maximum Gasteiger partial charge on any atom is 0.261 e. The van der Waals surface area contributed by atoms with Crippen LogP contribution >= 0.6 is 27.3 Å². The van der Waals surface area contributed by atoms with E-state index in [9.17, 15) is 9.90 Å². The number of hydrogen-bond acceptors (Lipinski definition) is 5. The lowest BCUT2D eigenvalue weighted by molar-refractivity contribution is -0.124. The lowest BCUT2D eigenvalue weighted by Gasteiger charge is -2.45. The highest BCUT2D eigenvalue weighted by Crippen LogP contribution is 2.41. The highest BCUT2D eigenvalue weighted by molar-refractivity contribution is 9.10. The van der Waals surface area contributed by atoms with Crippen LogP contribution in [0.1, 0.15) is 51.8 Å². The molecule has 1 heterocycles. The third kappa shape index (κ3) is 6.06. The zero-order chi connectivity index (χ0) is 30.0. The Morgan fingerprint density at radius 2 is 1.55 bits per heavy atom. The molecule has 4 aromatic rings. The van der Waals surface area contributed by atoms with Crippen molar-refractivity contribution in [2.75, 3.05) is 18.5 Å². The third-order valence-corrected chi connectivity index (χ3v) is 14.9. The largest absolute Gasteiger partial charge is 0.407 e. The van der Waals surface area contributed by atoms with E-state index in [2.05, 4.69) is 103 Å². The van der Waals surface area contributed by atoms with Crippen LogP contribution in [-0.2, 0) is 14.6 Å². The molecule has 1 saturated carbocycles. The molecule has 2 N–H and O–H groups in total. The maximum atomic E-state index is 13.1. The predicted molar refractivity (Wildman–Crippen MR) is 178 cm³/mol. The first-order chi connectivity index (χ1) is 20.1. The number of nitrogens with one attached hydrogen (secondary N) is 1. The smallest absolute Gasteiger partial charge is 0.261 e. The highest BCUT2D eigenvalue weighted by Gasteiger charge is 2.51. The highest BCUT2D eigenvalue weighted by atomic mass is 79.9. The number of carbonyl (C=O) groups is 1. The Balaban J connectivity index is 1.24. The average Bonchev–Trinajstić information content (AvgIpc) is 3.43. The molecular weight excluding hydrogens is 624 g/mol. The van der Waals surface area contributed by atoms with Gasteiger partial charge in [0.05, 0.1) is 17.7 Å². The van der Waals surface area contributed by atoms with E-state index >= 15 is 0 Å². The molecule has 1 aliphatic carbocycles. The van der Waals surface area contributed by atoms with Gasteiger partial charge in [-0.2, -0.15) is 0 Å². The molecule has 1 amide bonds. The molecule has 0 aliphatic heterocycles. The number of benzene rings is 3. The second-order valence-electron chi connectivity index (χ2n) is 12.5. The van der Waals surface area contributed by atoms with E-state index in [4.69, 9.17) is 9.41 Å². The summed E-state index contributed by atoms with van der Waals surface area (Å²) < 4.78 is 8.07. The number of nitrogens with zero attached hydrogens (tertiary/aromatic N) is 1. The van der Waals surface area contributed by atoms with Gasteiger partial charge in [0.15, 0.2) is 5.13 Å². The van der Waals surface area contributed by atoms with E-state index < -0.39 is 13.7 Å². The van der Waals surface area contributed by atoms with Gasteiger partial charge >= 0.3 is 0 Å². The Morgan fingerprint density at radius 3 is 2.07 bits per heavy atom. The molecule has 220 valence electrons. The van der Waals surface area contributed by atoms with Crippen molar-refractivity contribution in [1.29, 1.82) is 0 Å². The van der Waals surface area contributed by atoms with Gasteiger partial charge < -0.3 is 14.8 Å². The van der Waals surface area contributed by atoms with Gasteiger partial charge in [-0.25, -0.2) is 4.98 Å². The number of aliphatic hydroxyl groups excluding tert-OH is 1. The Labute approximate surface area is 262 Å². The Kier molecular flexibility index (Phi) is 9.21. The van der Waals surface area contributed by atoms with Gasteiger partial charge in [-0.1, -0.05) is 109 Å². The summed E-state index contributed by atoms with van der Waals surface area (Å²) in [6, 6.07) is 29.3.